The van der Waals surface area contributed by atoms with Crippen LogP contribution in [0, 0.1) is 44.8 Å². The Kier molecular flexibility index (Phi) is 4.98. The van der Waals surface area contributed by atoms with Gasteiger partial charge in [-0.05, 0) is 96.9 Å². The number of aliphatic hydroxyl groups is 2. The summed E-state index contributed by atoms with van der Waals surface area (Å²) in [5.74, 6) is -0.393. The summed E-state index contributed by atoms with van der Waals surface area (Å²) in [6.07, 6.45) is 8.96. The minimum Gasteiger partial charge on any atom is -0.481 e. The van der Waals surface area contributed by atoms with Crippen LogP contribution in [0.4, 0.5) is 0 Å². The van der Waals surface area contributed by atoms with Crippen LogP contribution in [-0.2, 0) is 4.79 Å². The fourth-order valence-corrected chi connectivity index (χ4v) is 9.97. The highest BCUT2D eigenvalue weighted by Gasteiger charge is 2.72. The minimum absolute atomic E-state index is 0.156. The normalized spacial score (nSPS) is 53.1. The van der Waals surface area contributed by atoms with Gasteiger partial charge in [-0.1, -0.05) is 52.8 Å². The smallest absolute Gasteiger partial charge is 0.314 e. The van der Waals surface area contributed by atoms with Gasteiger partial charge in [-0.25, -0.2) is 0 Å². The third-order valence-corrected chi connectivity index (χ3v) is 11.9. The van der Waals surface area contributed by atoms with Crippen LogP contribution < -0.4 is 0 Å². The number of fused-ring (bicyclic) bond motifs is 7. The fraction of sp³-hybridized carbons (Fsp3) is 0.828. The zero-order chi connectivity index (χ0) is 24.2. The molecule has 184 valence electrons. The Morgan fingerprint density at radius 3 is 2.33 bits per heavy atom. The number of aliphatic hydroxyl groups excluding tert-OH is 2. The number of rotatable bonds is 1. The van der Waals surface area contributed by atoms with Gasteiger partial charge in [0.05, 0.1) is 17.6 Å². The van der Waals surface area contributed by atoms with E-state index < -0.39 is 29.0 Å². The van der Waals surface area contributed by atoms with Gasteiger partial charge in [0.25, 0.3) is 0 Å². The monoisotopic (exact) mass is 456 g/mol. The van der Waals surface area contributed by atoms with Gasteiger partial charge in [-0.3, -0.25) is 4.79 Å². The molecule has 3 N–H and O–H groups in total. The highest BCUT2D eigenvalue weighted by Crippen LogP contribution is 2.74. The topological polar surface area (TPSA) is 77.8 Å². The highest BCUT2D eigenvalue weighted by molar-refractivity contribution is 5.81. The van der Waals surface area contributed by atoms with E-state index in [-0.39, 0.29) is 28.1 Å². The molecule has 0 amide bonds. The van der Waals surface area contributed by atoms with Crippen molar-refractivity contribution in [2.45, 2.75) is 105 Å². The van der Waals surface area contributed by atoms with E-state index in [1.807, 2.05) is 0 Å². The summed E-state index contributed by atoms with van der Waals surface area (Å²) in [5.41, 5.74) is 0.651. The second kappa shape index (κ2) is 6.97. The number of allylic oxidation sites excluding steroid dienone is 1. The predicted octanol–water partition coefficient (Wildman–Crippen LogP) is 5.73. The summed E-state index contributed by atoms with van der Waals surface area (Å²) in [6.45, 7) is 15.7. The second-order valence-electron chi connectivity index (χ2n) is 14.0. The van der Waals surface area contributed by atoms with Gasteiger partial charge in [0.15, 0.2) is 0 Å². The van der Waals surface area contributed by atoms with Crippen molar-refractivity contribution in [3.63, 3.8) is 0 Å². The predicted molar refractivity (Wildman–Crippen MR) is 129 cm³/mol. The van der Waals surface area contributed by atoms with E-state index in [1.165, 1.54) is 12.0 Å². The molecule has 9 atom stereocenters. The Bertz CT molecular complexity index is 919. The molecule has 0 saturated heterocycles. The molecule has 0 spiro atoms. The lowest BCUT2D eigenvalue weighted by Crippen LogP contribution is -2.67. The summed E-state index contributed by atoms with van der Waals surface area (Å²) in [7, 11) is 0. The van der Waals surface area contributed by atoms with Crippen LogP contribution >= 0.6 is 0 Å². The Morgan fingerprint density at radius 2 is 1.67 bits per heavy atom. The molecule has 4 saturated carbocycles. The number of aliphatic carboxylic acids is 1. The summed E-state index contributed by atoms with van der Waals surface area (Å²) >= 11 is 0. The standard InChI is InChI=1S/C29H44O4/c1-17-20(30)9-10-27(5)22-8-7-18-19-15-25(2,3)11-12-26(19,4)13-14-29(18,24(32)33)28(22,6)16-21(31)23(17)27/h7,19-23,30-31H,1,8-16H2,2-6H3,(H,32,33)/t19-,20-,21+,22+,23+,26+,27+,28+,29+/m0/s1. The van der Waals surface area contributed by atoms with Crippen molar-refractivity contribution in [3.8, 4) is 0 Å². The van der Waals surface area contributed by atoms with Crippen molar-refractivity contribution in [2.75, 3.05) is 0 Å². The number of carboxylic acid groups (broad SMARTS) is 1. The van der Waals surface area contributed by atoms with Crippen LogP contribution in [0.25, 0.3) is 0 Å². The first kappa shape index (κ1) is 23.6. The number of carbonyl (C=O) groups is 1. The Labute approximate surface area is 199 Å². The van der Waals surface area contributed by atoms with Crippen molar-refractivity contribution < 1.29 is 20.1 Å². The maximum Gasteiger partial charge on any atom is 0.314 e. The van der Waals surface area contributed by atoms with E-state index in [0.29, 0.717) is 25.2 Å². The molecule has 0 aromatic heterocycles. The zero-order valence-electron chi connectivity index (χ0n) is 21.3. The maximum atomic E-state index is 13.4. The maximum absolute atomic E-state index is 13.4. The molecule has 5 aliphatic carbocycles. The van der Waals surface area contributed by atoms with E-state index in [2.05, 4.69) is 47.3 Å². The molecule has 5 aliphatic rings. The molecule has 0 aromatic carbocycles. The number of hydrogen-bond acceptors (Lipinski definition) is 3. The molecular weight excluding hydrogens is 412 g/mol. The number of carboxylic acids is 1. The Morgan fingerprint density at radius 1 is 1.00 bits per heavy atom. The lowest BCUT2D eigenvalue weighted by Gasteiger charge is -2.69. The van der Waals surface area contributed by atoms with Gasteiger partial charge in [0, 0.05) is 5.92 Å². The summed E-state index contributed by atoms with van der Waals surface area (Å²) in [4.78, 5) is 13.4. The lowest BCUT2D eigenvalue weighted by molar-refractivity contribution is -0.205. The van der Waals surface area contributed by atoms with Crippen LogP contribution in [0.1, 0.15) is 92.4 Å². The van der Waals surface area contributed by atoms with Crippen molar-refractivity contribution in [1.82, 2.24) is 0 Å². The lowest BCUT2D eigenvalue weighted by atomic mass is 9.34. The van der Waals surface area contributed by atoms with Crippen LogP contribution in [0.3, 0.4) is 0 Å². The molecule has 33 heavy (non-hydrogen) atoms. The van der Waals surface area contributed by atoms with Crippen LogP contribution in [-0.4, -0.2) is 33.5 Å². The summed E-state index contributed by atoms with van der Waals surface area (Å²) < 4.78 is 0. The molecule has 0 heterocycles. The van der Waals surface area contributed by atoms with Gasteiger partial charge < -0.3 is 15.3 Å². The highest BCUT2D eigenvalue weighted by atomic mass is 16.4. The van der Waals surface area contributed by atoms with E-state index in [0.717, 1.165) is 37.7 Å². The van der Waals surface area contributed by atoms with Crippen molar-refractivity contribution in [2.24, 2.45) is 44.8 Å². The van der Waals surface area contributed by atoms with Crippen LogP contribution in [0.15, 0.2) is 23.8 Å². The first-order valence-corrected chi connectivity index (χ1v) is 13.2. The SMILES string of the molecule is C=C1[C@@H]2[C@H](O)C[C@]3(C)[C@H](CC=C4[C@@H]5CC(C)(C)CC[C@]5(C)CC[C@]43C(=O)O)[C@@]2(C)CC[C@@H]1O. The molecule has 4 nitrogen and oxygen atoms in total. The molecule has 4 heteroatoms. The third-order valence-electron chi connectivity index (χ3n) is 11.9. The Hall–Kier alpha value is -1.13. The average molecular weight is 457 g/mol. The quantitative estimate of drug-likeness (QED) is 0.440. The van der Waals surface area contributed by atoms with E-state index in [1.54, 1.807) is 0 Å². The van der Waals surface area contributed by atoms with Gasteiger partial charge in [-0.2, -0.15) is 0 Å². The fourth-order valence-electron chi connectivity index (χ4n) is 9.97. The minimum atomic E-state index is -0.917. The van der Waals surface area contributed by atoms with E-state index in [9.17, 15) is 20.1 Å². The van der Waals surface area contributed by atoms with Crippen molar-refractivity contribution in [1.29, 1.82) is 0 Å². The first-order valence-electron chi connectivity index (χ1n) is 13.2. The Balaban J connectivity index is 1.67. The molecule has 0 unspecified atom stereocenters. The van der Waals surface area contributed by atoms with E-state index in [4.69, 9.17) is 0 Å². The molecule has 0 radical (unpaired) electrons. The summed E-state index contributed by atoms with van der Waals surface area (Å²) in [5, 5.41) is 33.1. The molecule has 0 aromatic rings. The largest absolute Gasteiger partial charge is 0.481 e. The molecule has 0 bridgehead atoms. The third kappa shape index (κ3) is 2.86. The summed E-state index contributed by atoms with van der Waals surface area (Å²) in [6, 6.07) is 0. The first-order chi connectivity index (χ1) is 15.2. The van der Waals surface area contributed by atoms with Crippen LogP contribution in [0.2, 0.25) is 0 Å². The van der Waals surface area contributed by atoms with Gasteiger partial charge in [-0.15, -0.1) is 0 Å². The van der Waals surface area contributed by atoms with Crippen molar-refractivity contribution >= 4 is 5.97 Å². The average Bonchev–Trinajstić information content (AvgIpc) is 2.71. The van der Waals surface area contributed by atoms with Crippen LogP contribution in [0.5, 0.6) is 0 Å². The van der Waals surface area contributed by atoms with Crippen molar-refractivity contribution in [3.05, 3.63) is 23.8 Å². The molecule has 4 fully saturated rings. The zero-order valence-corrected chi connectivity index (χ0v) is 21.3. The molecule has 5 rings (SSSR count). The molecule has 0 aliphatic heterocycles. The second-order valence-corrected chi connectivity index (χ2v) is 14.0. The van der Waals surface area contributed by atoms with E-state index >= 15 is 0 Å². The van der Waals surface area contributed by atoms with Gasteiger partial charge >= 0.3 is 5.97 Å². The van der Waals surface area contributed by atoms with Gasteiger partial charge in [0.2, 0.25) is 0 Å². The van der Waals surface area contributed by atoms with Gasteiger partial charge in [0.1, 0.15) is 0 Å². The molecular formula is C29H44O4. The number of hydrogen-bond donors (Lipinski definition) is 3.